The summed E-state index contributed by atoms with van der Waals surface area (Å²) in [6, 6.07) is 13.9. The molecule has 0 aliphatic carbocycles. The van der Waals surface area contributed by atoms with E-state index in [0.717, 1.165) is 27.0 Å². The van der Waals surface area contributed by atoms with E-state index in [1.807, 2.05) is 56.3 Å². The van der Waals surface area contributed by atoms with E-state index < -0.39 is 0 Å². The number of halogens is 1. The normalized spacial score (nSPS) is 10.2. The summed E-state index contributed by atoms with van der Waals surface area (Å²) < 4.78 is 1.04. The first kappa shape index (κ1) is 15.6. The molecule has 2 N–H and O–H groups in total. The number of aryl methyl sites for hydroxylation is 2. The molecule has 0 radical (unpaired) electrons. The Morgan fingerprint density at radius 1 is 1.05 bits per heavy atom. The molecule has 2 aromatic rings. The number of rotatable bonds is 5. The predicted octanol–water partition coefficient (Wildman–Crippen LogP) is 4.51. The largest absolute Gasteiger partial charge is 0.385 e. The van der Waals surface area contributed by atoms with E-state index in [2.05, 4.69) is 26.6 Å². The zero-order valence-electron chi connectivity index (χ0n) is 12.2. The highest BCUT2D eigenvalue weighted by atomic mass is 79.9. The molecule has 0 aromatic heterocycles. The Morgan fingerprint density at radius 2 is 1.67 bits per heavy atom. The van der Waals surface area contributed by atoms with Crippen LogP contribution in [-0.2, 0) is 4.79 Å². The summed E-state index contributed by atoms with van der Waals surface area (Å²) in [6.45, 7) is 4.61. The van der Waals surface area contributed by atoms with E-state index in [4.69, 9.17) is 0 Å². The first-order valence-corrected chi connectivity index (χ1v) is 7.71. The lowest BCUT2D eigenvalue weighted by atomic mass is 10.1. The fraction of sp³-hybridized carbons (Fsp3) is 0.235. The fourth-order valence-corrected chi connectivity index (χ4v) is 2.37. The maximum absolute atomic E-state index is 12.0. The molecule has 0 aliphatic heterocycles. The number of para-hydroxylation sites is 1. The van der Waals surface area contributed by atoms with Gasteiger partial charge >= 0.3 is 0 Å². The number of carbonyl (C=O) groups is 1. The second-order valence-electron chi connectivity index (χ2n) is 5.00. The third-order valence-corrected chi connectivity index (χ3v) is 3.80. The van der Waals surface area contributed by atoms with Crippen LogP contribution in [0.3, 0.4) is 0 Å². The Balaban J connectivity index is 1.84. The molecule has 0 aliphatic rings. The van der Waals surface area contributed by atoms with Crippen molar-refractivity contribution < 1.29 is 4.79 Å². The smallest absolute Gasteiger partial charge is 0.226 e. The van der Waals surface area contributed by atoms with Crippen LogP contribution in [0.2, 0.25) is 0 Å². The van der Waals surface area contributed by atoms with Crippen LogP contribution in [0.1, 0.15) is 17.5 Å². The summed E-state index contributed by atoms with van der Waals surface area (Å²) in [5.41, 5.74) is 4.11. The Bertz CT molecular complexity index is 603. The van der Waals surface area contributed by atoms with Crippen molar-refractivity contribution in [2.24, 2.45) is 0 Å². The van der Waals surface area contributed by atoms with Crippen LogP contribution in [-0.4, -0.2) is 12.5 Å². The van der Waals surface area contributed by atoms with Gasteiger partial charge in [0, 0.05) is 28.8 Å². The van der Waals surface area contributed by atoms with Gasteiger partial charge in [0.1, 0.15) is 0 Å². The van der Waals surface area contributed by atoms with Gasteiger partial charge in [-0.1, -0.05) is 34.1 Å². The SMILES string of the molecule is Cc1cccc(C)c1NC(=O)CCNc1ccc(Br)cc1. The molecule has 1 amide bonds. The molecule has 0 saturated heterocycles. The predicted molar refractivity (Wildman–Crippen MR) is 91.8 cm³/mol. The van der Waals surface area contributed by atoms with Crippen molar-refractivity contribution in [2.45, 2.75) is 20.3 Å². The van der Waals surface area contributed by atoms with Crippen LogP contribution in [0.15, 0.2) is 46.9 Å². The van der Waals surface area contributed by atoms with E-state index in [0.29, 0.717) is 13.0 Å². The lowest BCUT2D eigenvalue weighted by Gasteiger charge is -2.12. The minimum Gasteiger partial charge on any atom is -0.385 e. The van der Waals surface area contributed by atoms with E-state index >= 15 is 0 Å². The molecule has 0 bridgehead atoms. The topological polar surface area (TPSA) is 41.1 Å². The summed E-state index contributed by atoms with van der Waals surface area (Å²) in [6.07, 6.45) is 0.434. The molecule has 0 unspecified atom stereocenters. The standard InChI is InChI=1S/C17H19BrN2O/c1-12-4-3-5-13(2)17(12)20-16(21)10-11-19-15-8-6-14(18)7-9-15/h3-9,19H,10-11H2,1-2H3,(H,20,21). The molecule has 0 spiro atoms. The van der Waals surface area contributed by atoms with E-state index in [-0.39, 0.29) is 5.91 Å². The number of amides is 1. The van der Waals surface area contributed by atoms with Gasteiger partial charge in [-0.3, -0.25) is 4.79 Å². The van der Waals surface area contributed by atoms with Gasteiger partial charge in [-0.15, -0.1) is 0 Å². The Kier molecular flexibility index (Phi) is 5.39. The van der Waals surface area contributed by atoms with Crippen molar-refractivity contribution in [2.75, 3.05) is 17.2 Å². The minimum absolute atomic E-state index is 0.0250. The molecule has 110 valence electrons. The van der Waals surface area contributed by atoms with Crippen LogP contribution < -0.4 is 10.6 Å². The van der Waals surface area contributed by atoms with Gasteiger partial charge in [0.15, 0.2) is 0 Å². The molecule has 21 heavy (non-hydrogen) atoms. The monoisotopic (exact) mass is 346 g/mol. The Hall–Kier alpha value is -1.81. The number of hydrogen-bond acceptors (Lipinski definition) is 2. The van der Waals surface area contributed by atoms with Gasteiger partial charge in [-0.05, 0) is 49.2 Å². The van der Waals surface area contributed by atoms with Crippen molar-refractivity contribution in [1.82, 2.24) is 0 Å². The van der Waals surface area contributed by atoms with Crippen molar-refractivity contribution >= 4 is 33.2 Å². The summed E-state index contributed by atoms with van der Waals surface area (Å²) in [7, 11) is 0. The third-order valence-electron chi connectivity index (χ3n) is 3.27. The molecule has 0 atom stereocenters. The van der Waals surface area contributed by atoms with Gasteiger partial charge in [0.2, 0.25) is 5.91 Å². The minimum atomic E-state index is 0.0250. The molecule has 2 rings (SSSR count). The maximum Gasteiger partial charge on any atom is 0.226 e. The molecule has 4 heteroatoms. The number of nitrogens with one attached hydrogen (secondary N) is 2. The second-order valence-corrected chi connectivity index (χ2v) is 5.91. The average Bonchev–Trinajstić information content (AvgIpc) is 2.45. The number of benzene rings is 2. The maximum atomic E-state index is 12.0. The zero-order valence-corrected chi connectivity index (χ0v) is 13.8. The van der Waals surface area contributed by atoms with Gasteiger partial charge < -0.3 is 10.6 Å². The van der Waals surface area contributed by atoms with Crippen LogP contribution in [0.5, 0.6) is 0 Å². The van der Waals surface area contributed by atoms with Gasteiger partial charge in [-0.2, -0.15) is 0 Å². The van der Waals surface area contributed by atoms with Gasteiger partial charge in [0.25, 0.3) is 0 Å². The molecule has 2 aromatic carbocycles. The Labute approximate surface area is 133 Å². The third kappa shape index (κ3) is 4.60. The van der Waals surface area contributed by atoms with Crippen molar-refractivity contribution in [1.29, 1.82) is 0 Å². The number of hydrogen-bond donors (Lipinski definition) is 2. The zero-order chi connectivity index (χ0) is 15.2. The summed E-state index contributed by atoms with van der Waals surface area (Å²) >= 11 is 3.40. The Morgan fingerprint density at radius 3 is 2.29 bits per heavy atom. The molecule has 0 saturated carbocycles. The molecule has 0 heterocycles. The quantitative estimate of drug-likeness (QED) is 0.836. The highest BCUT2D eigenvalue weighted by Crippen LogP contribution is 2.19. The summed E-state index contributed by atoms with van der Waals surface area (Å²) in [5, 5.41) is 6.22. The van der Waals surface area contributed by atoms with Crippen molar-refractivity contribution in [3.63, 3.8) is 0 Å². The first-order valence-electron chi connectivity index (χ1n) is 6.92. The van der Waals surface area contributed by atoms with Crippen LogP contribution >= 0.6 is 15.9 Å². The summed E-state index contributed by atoms with van der Waals surface area (Å²) in [5.74, 6) is 0.0250. The molecular formula is C17H19BrN2O. The summed E-state index contributed by atoms with van der Waals surface area (Å²) in [4.78, 5) is 12.0. The van der Waals surface area contributed by atoms with Crippen LogP contribution in [0.4, 0.5) is 11.4 Å². The van der Waals surface area contributed by atoms with Crippen LogP contribution in [0, 0.1) is 13.8 Å². The van der Waals surface area contributed by atoms with Gasteiger partial charge in [-0.25, -0.2) is 0 Å². The molecule has 3 nitrogen and oxygen atoms in total. The number of anilines is 2. The number of carbonyl (C=O) groups excluding carboxylic acids is 1. The average molecular weight is 347 g/mol. The first-order chi connectivity index (χ1) is 10.1. The van der Waals surface area contributed by atoms with Crippen molar-refractivity contribution in [3.8, 4) is 0 Å². The van der Waals surface area contributed by atoms with Crippen molar-refractivity contribution in [3.05, 3.63) is 58.1 Å². The highest BCUT2D eigenvalue weighted by molar-refractivity contribution is 9.10. The van der Waals surface area contributed by atoms with E-state index in [1.54, 1.807) is 0 Å². The highest BCUT2D eigenvalue weighted by Gasteiger charge is 2.06. The molecular weight excluding hydrogens is 328 g/mol. The second kappa shape index (κ2) is 7.27. The van der Waals surface area contributed by atoms with Gasteiger partial charge in [0.05, 0.1) is 0 Å². The van der Waals surface area contributed by atoms with Crippen LogP contribution in [0.25, 0.3) is 0 Å². The lowest BCUT2D eigenvalue weighted by Crippen LogP contribution is -2.17. The van der Waals surface area contributed by atoms with E-state index in [9.17, 15) is 4.79 Å². The van der Waals surface area contributed by atoms with E-state index in [1.165, 1.54) is 0 Å². The molecule has 0 fully saturated rings. The fourth-order valence-electron chi connectivity index (χ4n) is 2.10. The lowest BCUT2D eigenvalue weighted by molar-refractivity contribution is -0.115.